The van der Waals surface area contributed by atoms with Gasteiger partial charge in [0, 0.05) is 18.9 Å². The lowest BCUT2D eigenvalue weighted by molar-refractivity contribution is -0.123. The molecule has 2 aromatic rings. The highest BCUT2D eigenvalue weighted by Gasteiger charge is 2.13. The van der Waals surface area contributed by atoms with Crippen LogP contribution in [0.3, 0.4) is 0 Å². The number of nitrogens with one attached hydrogen (secondary N) is 1. The maximum absolute atomic E-state index is 11.8. The van der Waals surface area contributed by atoms with E-state index in [-0.39, 0.29) is 11.9 Å². The van der Waals surface area contributed by atoms with Crippen LogP contribution in [0.15, 0.2) is 34.7 Å². The van der Waals surface area contributed by atoms with E-state index in [1.165, 1.54) is 0 Å². The number of carbonyl (C=O) groups is 1. The summed E-state index contributed by atoms with van der Waals surface area (Å²) in [6.45, 7) is 3.34. The minimum atomic E-state index is -0.163. The molecule has 21 heavy (non-hydrogen) atoms. The lowest BCUT2D eigenvalue weighted by Crippen LogP contribution is -2.27. The number of hydrogen-bond donors (Lipinski definition) is 1. The Morgan fingerprint density at radius 1 is 1.29 bits per heavy atom. The number of furan rings is 1. The number of amides is 1. The summed E-state index contributed by atoms with van der Waals surface area (Å²) in [5, 5.41) is 3.94. The SMILES string of the molecule is COCCOCCC(=O)N[C@@H](C)c1cc2ccccc2o1. The Labute approximate surface area is 124 Å². The molecule has 2 rings (SSSR count). The predicted molar refractivity (Wildman–Crippen MR) is 80.1 cm³/mol. The normalized spacial score (nSPS) is 12.5. The summed E-state index contributed by atoms with van der Waals surface area (Å²) < 4.78 is 15.9. The van der Waals surface area contributed by atoms with Crippen molar-refractivity contribution in [3.05, 3.63) is 36.1 Å². The van der Waals surface area contributed by atoms with Crippen LogP contribution in [-0.4, -0.2) is 32.8 Å². The topological polar surface area (TPSA) is 60.7 Å². The molecule has 1 aromatic heterocycles. The molecular weight excluding hydrogens is 270 g/mol. The first-order valence-corrected chi connectivity index (χ1v) is 7.05. The lowest BCUT2D eigenvalue weighted by Gasteiger charge is -2.11. The number of fused-ring (bicyclic) bond motifs is 1. The van der Waals surface area contributed by atoms with Crippen LogP contribution in [0.1, 0.15) is 25.1 Å². The maximum Gasteiger partial charge on any atom is 0.222 e. The average molecular weight is 291 g/mol. The van der Waals surface area contributed by atoms with Crippen molar-refractivity contribution >= 4 is 16.9 Å². The summed E-state index contributed by atoms with van der Waals surface area (Å²) in [5.41, 5.74) is 0.830. The van der Waals surface area contributed by atoms with E-state index in [2.05, 4.69) is 5.32 Å². The largest absolute Gasteiger partial charge is 0.459 e. The van der Waals surface area contributed by atoms with Crippen molar-refractivity contribution in [2.45, 2.75) is 19.4 Å². The molecule has 1 N–H and O–H groups in total. The second-order valence-corrected chi connectivity index (χ2v) is 4.83. The highest BCUT2D eigenvalue weighted by atomic mass is 16.5. The first-order valence-electron chi connectivity index (χ1n) is 7.05. The number of methoxy groups -OCH3 is 1. The molecule has 0 aliphatic heterocycles. The van der Waals surface area contributed by atoms with Gasteiger partial charge in [0.15, 0.2) is 0 Å². The van der Waals surface area contributed by atoms with Gasteiger partial charge in [-0.3, -0.25) is 4.79 Å². The monoisotopic (exact) mass is 291 g/mol. The summed E-state index contributed by atoms with van der Waals surface area (Å²) in [6, 6.07) is 9.58. The Bertz CT molecular complexity index is 545. The van der Waals surface area contributed by atoms with Gasteiger partial charge >= 0.3 is 0 Å². The number of rotatable bonds is 8. The first-order chi connectivity index (χ1) is 10.2. The molecule has 114 valence electrons. The smallest absolute Gasteiger partial charge is 0.222 e. The van der Waals surface area contributed by atoms with E-state index in [9.17, 15) is 4.79 Å². The minimum Gasteiger partial charge on any atom is -0.459 e. The molecule has 0 aliphatic carbocycles. The second-order valence-electron chi connectivity index (χ2n) is 4.83. The summed E-state index contributed by atoms with van der Waals surface area (Å²) in [6.07, 6.45) is 0.328. The highest BCUT2D eigenvalue weighted by molar-refractivity contribution is 5.79. The number of para-hydroxylation sites is 1. The van der Waals surface area contributed by atoms with Crippen LogP contribution in [0, 0.1) is 0 Å². The highest BCUT2D eigenvalue weighted by Crippen LogP contribution is 2.23. The van der Waals surface area contributed by atoms with Crippen LogP contribution in [-0.2, 0) is 14.3 Å². The van der Waals surface area contributed by atoms with Gasteiger partial charge in [0.2, 0.25) is 5.91 Å². The summed E-state index contributed by atoms with van der Waals surface area (Å²) >= 11 is 0. The Kier molecular flexibility index (Phi) is 5.78. The molecule has 1 atom stereocenters. The van der Waals surface area contributed by atoms with Gasteiger partial charge in [-0.1, -0.05) is 18.2 Å². The van der Waals surface area contributed by atoms with E-state index in [4.69, 9.17) is 13.9 Å². The third-order valence-electron chi connectivity index (χ3n) is 3.15. The molecule has 5 nitrogen and oxygen atoms in total. The summed E-state index contributed by atoms with van der Waals surface area (Å²) in [7, 11) is 1.62. The van der Waals surface area contributed by atoms with E-state index in [0.29, 0.717) is 26.2 Å². The van der Waals surface area contributed by atoms with Crippen molar-refractivity contribution in [2.24, 2.45) is 0 Å². The van der Waals surface area contributed by atoms with Crippen LogP contribution >= 0.6 is 0 Å². The van der Waals surface area contributed by atoms with Crippen LogP contribution in [0.25, 0.3) is 11.0 Å². The van der Waals surface area contributed by atoms with Gasteiger partial charge in [-0.25, -0.2) is 0 Å². The van der Waals surface area contributed by atoms with Gasteiger partial charge in [-0.15, -0.1) is 0 Å². The molecular formula is C16H21NO4. The zero-order chi connectivity index (χ0) is 15.1. The third kappa shape index (κ3) is 4.58. The molecule has 0 bridgehead atoms. The molecule has 0 saturated carbocycles. The van der Waals surface area contributed by atoms with E-state index >= 15 is 0 Å². The zero-order valence-electron chi connectivity index (χ0n) is 12.4. The van der Waals surface area contributed by atoms with Crippen molar-refractivity contribution in [3.8, 4) is 0 Å². The Morgan fingerprint density at radius 2 is 2.10 bits per heavy atom. The van der Waals surface area contributed by atoms with Crippen LogP contribution < -0.4 is 5.32 Å². The van der Waals surface area contributed by atoms with Gasteiger partial charge in [-0.05, 0) is 19.1 Å². The van der Waals surface area contributed by atoms with Crippen molar-refractivity contribution in [1.29, 1.82) is 0 Å². The van der Waals surface area contributed by atoms with Crippen LogP contribution in [0.4, 0.5) is 0 Å². The number of hydrogen-bond acceptors (Lipinski definition) is 4. The van der Waals surface area contributed by atoms with Gasteiger partial charge in [0.05, 0.1) is 25.9 Å². The Balaban J connectivity index is 1.80. The molecule has 1 amide bonds. The van der Waals surface area contributed by atoms with Crippen molar-refractivity contribution in [3.63, 3.8) is 0 Å². The molecule has 0 radical (unpaired) electrons. The Hall–Kier alpha value is -1.85. The van der Waals surface area contributed by atoms with Gasteiger partial charge in [0.25, 0.3) is 0 Å². The van der Waals surface area contributed by atoms with E-state index in [1.54, 1.807) is 7.11 Å². The zero-order valence-corrected chi connectivity index (χ0v) is 12.4. The van der Waals surface area contributed by atoms with E-state index in [1.807, 2.05) is 37.3 Å². The molecule has 0 aliphatic rings. The average Bonchev–Trinajstić information content (AvgIpc) is 2.91. The van der Waals surface area contributed by atoms with Gasteiger partial charge < -0.3 is 19.2 Å². The van der Waals surface area contributed by atoms with E-state index < -0.39 is 0 Å². The molecule has 5 heteroatoms. The molecule has 0 spiro atoms. The van der Waals surface area contributed by atoms with Crippen molar-refractivity contribution < 1.29 is 18.7 Å². The molecule has 0 fully saturated rings. The molecule has 1 aromatic carbocycles. The first kappa shape index (κ1) is 15.5. The standard InChI is InChI=1S/C16H21NO4/c1-12(17-16(18)7-8-20-10-9-19-2)15-11-13-5-3-4-6-14(13)21-15/h3-6,11-12H,7-10H2,1-2H3,(H,17,18)/t12-/m0/s1. The number of ether oxygens (including phenoxy) is 2. The fraction of sp³-hybridized carbons (Fsp3) is 0.438. The Morgan fingerprint density at radius 3 is 2.86 bits per heavy atom. The van der Waals surface area contributed by atoms with Crippen LogP contribution in [0.2, 0.25) is 0 Å². The third-order valence-corrected chi connectivity index (χ3v) is 3.15. The maximum atomic E-state index is 11.8. The van der Waals surface area contributed by atoms with E-state index in [0.717, 1.165) is 16.7 Å². The quantitative estimate of drug-likeness (QED) is 0.760. The van der Waals surface area contributed by atoms with Crippen molar-refractivity contribution in [1.82, 2.24) is 5.32 Å². The molecule has 1 heterocycles. The fourth-order valence-corrected chi connectivity index (χ4v) is 2.01. The predicted octanol–water partition coefficient (Wildman–Crippen LogP) is 2.66. The van der Waals surface area contributed by atoms with Crippen molar-refractivity contribution in [2.75, 3.05) is 26.9 Å². The number of carbonyl (C=O) groups excluding carboxylic acids is 1. The second kappa shape index (κ2) is 7.81. The number of benzene rings is 1. The lowest BCUT2D eigenvalue weighted by atomic mass is 10.2. The minimum absolute atomic E-state index is 0.0552. The van der Waals surface area contributed by atoms with Gasteiger partial charge in [-0.2, -0.15) is 0 Å². The van der Waals surface area contributed by atoms with Crippen LogP contribution in [0.5, 0.6) is 0 Å². The van der Waals surface area contributed by atoms with Gasteiger partial charge in [0.1, 0.15) is 11.3 Å². The molecule has 0 saturated heterocycles. The summed E-state index contributed by atoms with van der Waals surface area (Å²) in [5.74, 6) is 0.699. The fourth-order valence-electron chi connectivity index (χ4n) is 2.01. The summed E-state index contributed by atoms with van der Waals surface area (Å²) in [4.78, 5) is 11.8. The molecule has 0 unspecified atom stereocenters.